The molecule has 1 saturated heterocycles. The normalized spacial score (nSPS) is 17.5. The van der Waals surface area contributed by atoms with Crippen LogP contribution in [0.25, 0.3) is 17.0 Å². The molecule has 32 heavy (non-hydrogen) atoms. The Morgan fingerprint density at radius 1 is 1.06 bits per heavy atom. The first-order chi connectivity index (χ1) is 15.6. The van der Waals surface area contributed by atoms with Gasteiger partial charge in [0.25, 0.3) is 11.1 Å². The van der Waals surface area contributed by atoms with Gasteiger partial charge in [-0.15, -0.1) is 0 Å². The first kappa shape index (κ1) is 20.6. The van der Waals surface area contributed by atoms with E-state index in [1.165, 1.54) is 4.90 Å². The Balaban J connectivity index is 1.37. The van der Waals surface area contributed by atoms with E-state index in [-0.39, 0.29) is 23.6 Å². The zero-order valence-corrected chi connectivity index (χ0v) is 18.3. The number of hydrogen-bond donors (Lipinski definition) is 1. The monoisotopic (exact) mass is 445 g/mol. The van der Waals surface area contributed by atoms with Crippen LogP contribution in [-0.2, 0) is 22.6 Å². The minimum Gasteiger partial charge on any atom is -0.352 e. The number of nitrogens with one attached hydrogen (secondary N) is 1. The molecule has 3 amide bonds. The minimum atomic E-state index is -0.265. The number of carbonyl (C=O) groups excluding carboxylic acids is 3. The van der Waals surface area contributed by atoms with Gasteiger partial charge in [-0.3, -0.25) is 19.3 Å². The number of amides is 3. The van der Waals surface area contributed by atoms with Crippen molar-refractivity contribution in [2.45, 2.75) is 31.8 Å². The number of benzene rings is 2. The van der Waals surface area contributed by atoms with E-state index in [9.17, 15) is 14.4 Å². The van der Waals surface area contributed by atoms with Crippen molar-refractivity contribution in [1.82, 2.24) is 14.8 Å². The van der Waals surface area contributed by atoms with Crippen LogP contribution in [0.2, 0.25) is 0 Å². The Morgan fingerprint density at radius 2 is 1.81 bits per heavy atom. The molecule has 1 aliphatic carbocycles. The molecular formula is C25H23N3O3S. The number of nitrogens with zero attached hydrogens (tertiary/aromatic N) is 2. The summed E-state index contributed by atoms with van der Waals surface area (Å²) in [5.41, 5.74) is 2.84. The highest BCUT2D eigenvalue weighted by Crippen LogP contribution is 2.34. The van der Waals surface area contributed by atoms with Gasteiger partial charge in [-0.25, -0.2) is 0 Å². The molecular weight excluding hydrogens is 422 g/mol. The molecule has 2 aliphatic rings. The van der Waals surface area contributed by atoms with Crippen LogP contribution in [0.15, 0.2) is 65.7 Å². The van der Waals surface area contributed by atoms with Crippen molar-refractivity contribution in [3.63, 3.8) is 0 Å². The summed E-state index contributed by atoms with van der Waals surface area (Å²) in [6.45, 7) is 0.582. The second kappa shape index (κ2) is 8.67. The molecule has 0 spiro atoms. The second-order valence-electron chi connectivity index (χ2n) is 8.14. The first-order valence-corrected chi connectivity index (χ1v) is 11.6. The zero-order chi connectivity index (χ0) is 22.1. The minimum absolute atomic E-state index is 0.0129. The molecule has 5 rings (SSSR count). The van der Waals surface area contributed by atoms with Gasteiger partial charge < -0.3 is 9.88 Å². The number of rotatable bonds is 7. The smallest absolute Gasteiger partial charge is 0.293 e. The molecule has 1 N–H and O–H groups in total. The predicted octanol–water partition coefficient (Wildman–Crippen LogP) is 4.20. The largest absolute Gasteiger partial charge is 0.352 e. The number of hydrogen-bond acceptors (Lipinski definition) is 4. The van der Waals surface area contributed by atoms with Gasteiger partial charge in [-0.2, -0.15) is 0 Å². The third-order valence-electron chi connectivity index (χ3n) is 5.70. The average Bonchev–Trinajstić information content (AvgIpc) is 3.49. The lowest BCUT2D eigenvalue weighted by molar-refractivity contribution is -0.123. The summed E-state index contributed by atoms with van der Waals surface area (Å²) in [5.74, 6) is -0.278. The summed E-state index contributed by atoms with van der Waals surface area (Å²) in [6, 6.07) is 17.9. The molecule has 162 valence electrons. The number of fused-ring (bicyclic) bond motifs is 1. The average molecular weight is 446 g/mol. The topological polar surface area (TPSA) is 71.4 Å². The summed E-state index contributed by atoms with van der Waals surface area (Å²) < 4.78 is 1.90. The Kier molecular flexibility index (Phi) is 5.57. The predicted molar refractivity (Wildman–Crippen MR) is 126 cm³/mol. The van der Waals surface area contributed by atoms with Crippen molar-refractivity contribution >= 4 is 45.8 Å². The fraction of sp³-hybridized carbons (Fsp3) is 0.240. The van der Waals surface area contributed by atoms with Gasteiger partial charge in [0.15, 0.2) is 0 Å². The van der Waals surface area contributed by atoms with E-state index in [2.05, 4.69) is 5.32 Å². The van der Waals surface area contributed by atoms with E-state index in [0.717, 1.165) is 46.6 Å². The van der Waals surface area contributed by atoms with E-state index in [1.807, 2.05) is 65.4 Å². The third-order valence-corrected chi connectivity index (χ3v) is 6.61. The maximum absolute atomic E-state index is 12.9. The van der Waals surface area contributed by atoms with Crippen LogP contribution in [-0.4, -0.2) is 39.1 Å². The van der Waals surface area contributed by atoms with Crippen molar-refractivity contribution in [1.29, 1.82) is 0 Å². The highest BCUT2D eigenvalue weighted by Gasteiger charge is 2.34. The van der Waals surface area contributed by atoms with E-state index in [4.69, 9.17) is 0 Å². The van der Waals surface area contributed by atoms with Crippen LogP contribution in [0.3, 0.4) is 0 Å². The summed E-state index contributed by atoms with van der Waals surface area (Å²) in [4.78, 5) is 39.5. The van der Waals surface area contributed by atoms with Crippen LogP contribution in [0, 0.1) is 0 Å². The summed E-state index contributed by atoms with van der Waals surface area (Å²) in [6.07, 6.45) is 6.37. The Labute approximate surface area is 190 Å². The van der Waals surface area contributed by atoms with Crippen molar-refractivity contribution in [2.24, 2.45) is 0 Å². The lowest BCUT2D eigenvalue weighted by Gasteiger charge is -2.12. The molecule has 7 heteroatoms. The number of aromatic nitrogens is 1. The molecule has 0 radical (unpaired) electrons. The van der Waals surface area contributed by atoms with Crippen LogP contribution in [0.4, 0.5) is 4.79 Å². The van der Waals surface area contributed by atoms with Crippen LogP contribution < -0.4 is 5.32 Å². The molecule has 2 fully saturated rings. The zero-order valence-electron chi connectivity index (χ0n) is 17.5. The van der Waals surface area contributed by atoms with Crippen molar-refractivity contribution < 1.29 is 14.4 Å². The van der Waals surface area contributed by atoms with Gasteiger partial charge in [0.1, 0.15) is 6.54 Å². The number of imide groups is 1. The molecule has 1 aromatic heterocycles. The molecule has 0 unspecified atom stereocenters. The Bertz CT molecular complexity index is 1230. The fourth-order valence-corrected chi connectivity index (χ4v) is 4.75. The van der Waals surface area contributed by atoms with E-state index >= 15 is 0 Å². The third kappa shape index (κ3) is 4.34. The highest BCUT2D eigenvalue weighted by molar-refractivity contribution is 8.18. The molecule has 2 heterocycles. The van der Waals surface area contributed by atoms with E-state index in [1.54, 1.807) is 6.08 Å². The van der Waals surface area contributed by atoms with Gasteiger partial charge in [0.2, 0.25) is 5.91 Å². The molecule has 1 saturated carbocycles. The Hall–Kier alpha value is -3.32. The van der Waals surface area contributed by atoms with Gasteiger partial charge in [0.05, 0.1) is 4.91 Å². The molecule has 3 aromatic rings. The van der Waals surface area contributed by atoms with Gasteiger partial charge in [0, 0.05) is 35.2 Å². The number of carbonyl (C=O) groups is 3. The van der Waals surface area contributed by atoms with Crippen LogP contribution in [0.5, 0.6) is 0 Å². The Morgan fingerprint density at radius 3 is 2.59 bits per heavy atom. The quantitative estimate of drug-likeness (QED) is 0.554. The summed E-state index contributed by atoms with van der Waals surface area (Å²) >= 11 is 0.970. The molecule has 0 atom stereocenters. The van der Waals surface area contributed by atoms with Gasteiger partial charge in [-0.1, -0.05) is 48.5 Å². The standard InChI is InChI=1S/C25H23N3O3S/c29-23(26-19-10-11-19)16-27-15-18(20-8-4-5-9-21(20)27)14-22-24(30)28(25(31)32-22)13-12-17-6-2-1-3-7-17/h1-9,14-15,19H,10-13,16H2,(H,26,29)/b22-14-. The maximum atomic E-state index is 12.9. The number of thioether (sulfide) groups is 1. The van der Waals surface area contributed by atoms with Crippen molar-refractivity contribution in [3.05, 3.63) is 76.8 Å². The number of para-hydroxylation sites is 1. The van der Waals surface area contributed by atoms with E-state index in [0.29, 0.717) is 23.9 Å². The maximum Gasteiger partial charge on any atom is 0.293 e. The summed E-state index contributed by atoms with van der Waals surface area (Å²) in [7, 11) is 0. The van der Waals surface area contributed by atoms with E-state index < -0.39 is 0 Å². The van der Waals surface area contributed by atoms with Crippen molar-refractivity contribution in [2.75, 3.05) is 6.54 Å². The first-order valence-electron chi connectivity index (χ1n) is 10.7. The molecule has 2 aromatic carbocycles. The second-order valence-corrected chi connectivity index (χ2v) is 9.13. The van der Waals surface area contributed by atoms with Crippen LogP contribution in [0.1, 0.15) is 24.0 Å². The van der Waals surface area contributed by atoms with Gasteiger partial charge >= 0.3 is 0 Å². The van der Waals surface area contributed by atoms with Crippen LogP contribution >= 0.6 is 11.8 Å². The fourth-order valence-electron chi connectivity index (χ4n) is 3.90. The molecule has 6 nitrogen and oxygen atoms in total. The molecule has 1 aliphatic heterocycles. The molecule has 0 bridgehead atoms. The summed E-state index contributed by atoms with van der Waals surface area (Å²) in [5, 5.41) is 3.71. The highest BCUT2D eigenvalue weighted by atomic mass is 32.2. The SMILES string of the molecule is O=C(Cn1cc(/C=C2\SC(=O)N(CCc3ccccc3)C2=O)c2ccccc21)NC1CC1. The lowest BCUT2D eigenvalue weighted by atomic mass is 10.1. The van der Waals surface area contributed by atoms with Crippen molar-refractivity contribution in [3.8, 4) is 0 Å². The lowest BCUT2D eigenvalue weighted by Crippen LogP contribution is -2.30. The van der Waals surface area contributed by atoms with Gasteiger partial charge in [-0.05, 0) is 48.7 Å².